The van der Waals surface area contributed by atoms with E-state index in [4.69, 9.17) is 9.47 Å². The molecule has 1 spiro atoms. The van der Waals surface area contributed by atoms with E-state index in [1.807, 2.05) is 32.0 Å². The molecule has 3 saturated heterocycles. The van der Waals surface area contributed by atoms with E-state index in [0.717, 1.165) is 11.1 Å². The Hall–Kier alpha value is -2.45. The number of ether oxygens (including phenoxy) is 2. The second-order valence-electron chi connectivity index (χ2n) is 8.89. The number of aliphatic hydroxyl groups excluding tert-OH is 1. The third kappa shape index (κ3) is 3.24. The van der Waals surface area contributed by atoms with Crippen molar-refractivity contribution in [2.24, 2.45) is 11.8 Å². The molecule has 8 heteroatoms. The molecule has 4 rings (SSSR count). The van der Waals surface area contributed by atoms with E-state index in [0.29, 0.717) is 18.5 Å². The summed E-state index contributed by atoms with van der Waals surface area (Å²) in [6.07, 6.45) is 0.654. The molecule has 2 N–H and O–H groups in total. The molecule has 3 aliphatic rings. The molecule has 0 aliphatic carbocycles. The number of likely N-dealkylation sites (tertiary alicyclic amines) is 1. The van der Waals surface area contributed by atoms with Crippen LogP contribution in [0, 0.1) is 25.7 Å². The number of aryl methyl sites for hydroxylation is 2. The predicted molar refractivity (Wildman–Crippen MR) is 112 cm³/mol. The van der Waals surface area contributed by atoms with Gasteiger partial charge in [0.2, 0.25) is 11.8 Å². The number of esters is 1. The monoisotopic (exact) mass is 430 g/mol. The smallest absolute Gasteiger partial charge is 0.312 e. The maximum Gasteiger partial charge on any atom is 0.312 e. The first-order chi connectivity index (χ1) is 14.7. The number of anilines is 1. The molecule has 6 atom stereocenters. The number of carbonyl (C=O) groups excluding carboxylic acids is 3. The fraction of sp³-hybridized carbons (Fsp3) is 0.609. The minimum Gasteiger partial charge on any atom is -0.466 e. The highest BCUT2D eigenvalue weighted by molar-refractivity contribution is 6.03. The van der Waals surface area contributed by atoms with Gasteiger partial charge in [0.05, 0.1) is 37.2 Å². The molecular weight excluding hydrogens is 400 g/mol. The van der Waals surface area contributed by atoms with Crippen LogP contribution in [0.3, 0.4) is 0 Å². The molecule has 0 aromatic heterocycles. The number of carbonyl (C=O) groups is 3. The molecule has 0 saturated carbocycles. The molecule has 1 aromatic rings. The fourth-order valence-electron chi connectivity index (χ4n) is 5.53. The summed E-state index contributed by atoms with van der Waals surface area (Å²) in [5.41, 5.74) is 1.48. The zero-order valence-electron chi connectivity index (χ0n) is 18.4. The van der Waals surface area contributed by atoms with Crippen molar-refractivity contribution in [3.05, 3.63) is 29.3 Å². The van der Waals surface area contributed by atoms with Gasteiger partial charge in [0, 0.05) is 5.69 Å². The SMILES string of the molecule is CCOC(=O)[C@@H]1[C@@H]2CCC3(O2)C(C(=O)Nc2cc(C)ccc2C)N([C@H](C)CO)C(=O)[C@H]13. The van der Waals surface area contributed by atoms with Crippen molar-refractivity contribution in [2.75, 3.05) is 18.5 Å². The van der Waals surface area contributed by atoms with Crippen molar-refractivity contribution in [3.63, 3.8) is 0 Å². The van der Waals surface area contributed by atoms with E-state index in [1.54, 1.807) is 13.8 Å². The zero-order chi connectivity index (χ0) is 22.5. The van der Waals surface area contributed by atoms with Gasteiger partial charge in [-0.1, -0.05) is 12.1 Å². The Bertz CT molecular complexity index is 917. The van der Waals surface area contributed by atoms with E-state index < -0.39 is 41.6 Å². The van der Waals surface area contributed by atoms with Crippen LogP contribution in [0.15, 0.2) is 18.2 Å². The first-order valence-electron chi connectivity index (χ1n) is 10.9. The van der Waals surface area contributed by atoms with Gasteiger partial charge < -0.3 is 24.8 Å². The van der Waals surface area contributed by atoms with Gasteiger partial charge in [-0.2, -0.15) is 0 Å². The van der Waals surface area contributed by atoms with Crippen LogP contribution in [-0.4, -0.2) is 64.8 Å². The zero-order valence-corrected chi connectivity index (χ0v) is 18.4. The molecule has 1 aromatic carbocycles. The van der Waals surface area contributed by atoms with Gasteiger partial charge in [0.25, 0.3) is 0 Å². The highest BCUT2D eigenvalue weighted by Gasteiger charge is 2.75. The average Bonchev–Trinajstić information content (AvgIpc) is 3.37. The standard InChI is InChI=1S/C23H30N2O6/c1-5-30-22(29)17-16-8-9-23(31-16)18(17)21(28)25(14(4)11-26)19(23)20(27)24-15-10-12(2)6-7-13(15)3/h6-7,10,14,16-19,26H,5,8-9,11H2,1-4H3,(H,24,27)/t14-,16+,17-,18+,19?,23?/m1/s1. The molecule has 8 nitrogen and oxygen atoms in total. The van der Waals surface area contributed by atoms with Gasteiger partial charge >= 0.3 is 5.97 Å². The van der Waals surface area contributed by atoms with E-state index in [9.17, 15) is 19.5 Å². The van der Waals surface area contributed by atoms with Crippen LogP contribution in [0.4, 0.5) is 5.69 Å². The molecule has 2 bridgehead atoms. The Morgan fingerprint density at radius 3 is 2.81 bits per heavy atom. The minimum absolute atomic E-state index is 0.212. The van der Waals surface area contributed by atoms with Crippen molar-refractivity contribution < 1.29 is 29.0 Å². The molecule has 3 heterocycles. The summed E-state index contributed by atoms with van der Waals surface area (Å²) in [5, 5.41) is 12.8. The summed E-state index contributed by atoms with van der Waals surface area (Å²) < 4.78 is 11.5. The van der Waals surface area contributed by atoms with Crippen molar-refractivity contribution in [2.45, 2.75) is 64.3 Å². The van der Waals surface area contributed by atoms with E-state index in [-0.39, 0.29) is 25.0 Å². The maximum absolute atomic E-state index is 13.6. The van der Waals surface area contributed by atoms with Gasteiger partial charge in [0.1, 0.15) is 11.6 Å². The summed E-state index contributed by atoms with van der Waals surface area (Å²) in [7, 11) is 0. The Morgan fingerprint density at radius 1 is 1.39 bits per heavy atom. The summed E-state index contributed by atoms with van der Waals surface area (Å²) >= 11 is 0. The molecule has 2 amide bonds. The van der Waals surface area contributed by atoms with Gasteiger partial charge in [-0.25, -0.2) is 0 Å². The Kier molecular flexibility index (Phi) is 5.55. The number of nitrogens with one attached hydrogen (secondary N) is 1. The number of aliphatic hydroxyl groups is 1. The summed E-state index contributed by atoms with van der Waals surface area (Å²) in [6, 6.07) is 4.25. The molecule has 0 radical (unpaired) electrons. The number of benzene rings is 1. The summed E-state index contributed by atoms with van der Waals surface area (Å²) in [5.74, 6) is -2.67. The lowest BCUT2D eigenvalue weighted by atomic mass is 9.70. The molecule has 168 valence electrons. The average molecular weight is 431 g/mol. The third-order valence-corrected chi connectivity index (χ3v) is 6.94. The second kappa shape index (κ2) is 7.91. The molecular formula is C23H30N2O6. The molecule has 2 unspecified atom stereocenters. The summed E-state index contributed by atoms with van der Waals surface area (Å²) in [4.78, 5) is 41.2. The topological polar surface area (TPSA) is 105 Å². The van der Waals surface area contributed by atoms with Crippen LogP contribution in [0.2, 0.25) is 0 Å². The van der Waals surface area contributed by atoms with Crippen LogP contribution in [-0.2, 0) is 23.9 Å². The van der Waals surface area contributed by atoms with Crippen LogP contribution >= 0.6 is 0 Å². The lowest BCUT2D eigenvalue weighted by Crippen LogP contribution is -2.55. The number of rotatable bonds is 6. The van der Waals surface area contributed by atoms with Crippen molar-refractivity contribution in [1.29, 1.82) is 0 Å². The third-order valence-electron chi connectivity index (χ3n) is 6.94. The Balaban J connectivity index is 1.73. The van der Waals surface area contributed by atoms with Crippen LogP contribution < -0.4 is 5.32 Å². The molecule has 31 heavy (non-hydrogen) atoms. The van der Waals surface area contributed by atoms with Crippen LogP contribution in [0.5, 0.6) is 0 Å². The molecule has 3 aliphatic heterocycles. The Morgan fingerprint density at radius 2 is 2.13 bits per heavy atom. The van der Waals surface area contributed by atoms with Gasteiger partial charge in [0.15, 0.2) is 0 Å². The van der Waals surface area contributed by atoms with Crippen molar-refractivity contribution in [3.8, 4) is 0 Å². The van der Waals surface area contributed by atoms with Crippen LogP contribution in [0.25, 0.3) is 0 Å². The maximum atomic E-state index is 13.6. The predicted octanol–water partition coefficient (Wildman–Crippen LogP) is 1.56. The van der Waals surface area contributed by atoms with Crippen molar-refractivity contribution in [1.82, 2.24) is 4.90 Å². The van der Waals surface area contributed by atoms with Gasteiger partial charge in [-0.3, -0.25) is 14.4 Å². The Labute approximate surface area is 181 Å². The normalized spacial score (nSPS) is 32.2. The largest absolute Gasteiger partial charge is 0.466 e. The second-order valence-corrected chi connectivity index (χ2v) is 8.89. The first-order valence-corrected chi connectivity index (χ1v) is 10.9. The lowest BCUT2D eigenvalue weighted by molar-refractivity contribution is -0.155. The van der Waals surface area contributed by atoms with Crippen LogP contribution in [0.1, 0.15) is 37.8 Å². The highest BCUT2D eigenvalue weighted by atomic mass is 16.6. The highest BCUT2D eigenvalue weighted by Crippen LogP contribution is 2.59. The van der Waals surface area contributed by atoms with E-state index in [2.05, 4.69) is 5.32 Å². The minimum atomic E-state index is -1.09. The lowest BCUT2D eigenvalue weighted by Gasteiger charge is -2.35. The number of nitrogens with zero attached hydrogens (tertiary/aromatic N) is 1. The number of hydrogen-bond acceptors (Lipinski definition) is 6. The quantitative estimate of drug-likeness (QED) is 0.664. The molecule has 3 fully saturated rings. The number of fused-ring (bicyclic) bond motifs is 1. The van der Waals surface area contributed by atoms with E-state index >= 15 is 0 Å². The first kappa shape index (κ1) is 21.8. The number of hydrogen-bond donors (Lipinski definition) is 2. The van der Waals surface area contributed by atoms with E-state index in [1.165, 1.54) is 4.90 Å². The van der Waals surface area contributed by atoms with Gasteiger partial charge in [-0.05, 0) is 57.7 Å². The fourth-order valence-corrected chi connectivity index (χ4v) is 5.53. The van der Waals surface area contributed by atoms with Crippen molar-refractivity contribution >= 4 is 23.5 Å². The van der Waals surface area contributed by atoms with Gasteiger partial charge in [-0.15, -0.1) is 0 Å². The summed E-state index contributed by atoms with van der Waals surface area (Å²) in [6.45, 7) is 7.17. The number of amides is 2.